The Kier molecular flexibility index (Phi) is 5.31. The molecule has 8 heteroatoms. The first-order valence-corrected chi connectivity index (χ1v) is 8.86. The Morgan fingerprint density at radius 1 is 1.27 bits per heavy atom. The fraction of sp³-hybridized carbons (Fsp3) is 0.111. The Morgan fingerprint density at radius 2 is 2.00 bits per heavy atom. The SMILES string of the molecule is CC(NC(=O)c1cc([N+](=O)[O-])ccc1I)c1ccc(-n2ccnc2)cc1. The maximum absolute atomic E-state index is 12.5. The summed E-state index contributed by atoms with van der Waals surface area (Å²) in [4.78, 5) is 27.0. The predicted molar refractivity (Wildman–Crippen MR) is 105 cm³/mol. The highest BCUT2D eigenvalue weighted by atomic mass is 127. The molecule has 0 radical (unpaired) electrons. The van der Waals surface area contributed by atoms with Crippen molar-refractivity contribution in [2.45, 2.75) is 13.0 Å². The van der Waals surface area contributed by atoms with Crippen LogP contribution in [0.3, 0.4) is 0 Å². The van der Waals surface area contributed by atoms with E-state index in [9.17, 15) is 14.9 Å². The number of hydrogen-bond donors (Lipinski definition) is 1. The van der Waals surface area contributed by atoms with Crippen LogP contribution in [0.25, 0.3) is 5.69 Å². The van der Waals surface area contributed by atoms with Gasteiger partial charge in [0, 0.05) is 33.8 Å². The molecule has 26 heavy (non-hydrogen) atoms. The zero-order chi connectivity index (χ0) is 18.7. The molecule has 1 amide bonds. The van der Waals surface area contributed by atoms with Crippen LogP contribution in [-0.2, 0) is 0 Å². The van der Waals surface area contributed by atoms with Crippen LogP contribution in [0.1, 0.15) is 28.9 Å². The van der Waals surface area contributed by atoms with Crippen LogP contribution in [0.15, 0.2) is 61.2 Å². The summed E-state index contributed by atoms with van der Waals surface area (Å²) in [5, 5.41) is 13.8. The molecule has 0 saturated heterocycles. The second kappa shape index (κ2) is 7.65. The van der Waals surface area contributed by atoms with Gasteiger partial charge in [-0.15, -0.1) is 0 Å². The van der Waals surface area contributed by atoms with Gasteiger partial charge in [-0.05, 0) is 53.3 Å². The fourth-order valence-electron chi connectivity index (χ4n) is 2.51. The minimum absolute atomic E-state index is 0.104. The summed E-state index contributed by atoms with van der Waals surface area (Å²) in [6.07, 6.45) is 5.27. The number of nitro groups is 1. The molecule has 0 spiro atoms. The second-order valence-corrected chi connectivity index (χ2v) is 6.84. The van der Waals surface area contributed by atoms with Gasteiger partial charge in [-0.25, -0.2) is 4.98 Å². The Balaban J connectivity index is 1.75. The number of imidazole rings is 1. The molecule has 3 rings (SSSR count). The van der Waals surface area contributed by atoms with Gasteiger partial charge in [-0.1, -0.05) is 12.1 Å². The molecule has 132 valence electrons. The molecule has 2 aromatic carbocycles. The summed E-state index contributed by atoms with van der Waals surface area (Å²) < 4.78 is 2.55. The van der Waals surface area contributed by atoms with E-state index in [1.165, 1.54) is 12.1 Å². The average Bonchev–Trinajstić information content (AvgIpc) is 3.16. The van der Waals surface area contributed by atoms with Gasteiger partial charge in [0.1, 0.15) is 0 Å². The highest BCUT2D eigenvalue weighted by molar-refractivity contribution is 14.1. The summed E-state index contributed by atoms with van der Waals surface area (Å²) in [7, 11) is 0. The molecule has 1 N–H and O–H groups in total. The molecule has 0 saturated carbocycles. The molecule has 1 unspecified atom stereocenters. The molecule has 1 heterocycles. The quantitative estimate of drug-likeness (QED) is 0.354. The molecule has 3 aromatic rings. The van der Waals surface area contributed by atoms with Crippen molar-refractivity contribution in [3.63, 3.8) is 0 Å². The number of amides is 1. The van der Waals surface area contributed by atoms with E-state index >= 15 is 0 Å². The smallest absolute Gasteiger partial charge is 0.270 e. The van der Waals surface area contributed by atoms with Gasteiger partial charge in [0.05, 0.1) is 22.9 Å². The van der Waals surface area contributed by atoms with Crippen molar-refractivity contribution >= 4 is 34.2 Å². The van der Waals surface area contributed by atoms with Gasteiger partial charge < -0.3 is 9.88 Å². The maximum atomic E-state index is 12.5. The van der Waals surface area contributed by atoms with Gasteiger partial charge >= 0.3 is 0 Å². The topological polar surface area (TPSA) is 90.1 Å². The molecule has 0 aliphatic rings. The van der Waals surface area contributed by atoms with Crippen LogP contribution in [0, 0.1) is 13.7 Å². The summed E-state index contributed by atoms with van der Waals surface area (Å²) in [5.74, 6) is -0.343. The summed E-state index contributed by atoms with van der Waals surface area (Å²) in [6.45, 7) is 1.87. The van der Waals surface area contributed by atoms with Crippen LogP contribution in [0.2, 0.25) is 0 Å². The summed E-state index contributed by atoms with van der Waals surface area (Å²) in [6, 6.07) is 11.8. The average molecular weight is 462 g/mol. The van der Waals surface area contributed by atoms with Crippen molar-refractivity contribution in [1.29, 1.82) is 0 Å². The summed E-state index contributed by atoms with van der Waals surface area (Å²) in [5.41, 5.74) is 2.09. The Bertz CT molecular complexity index is 940. The molecular weight excluding hydrogens is 447 g/mol. The minimum Gasteiger partial charge on any atom is -0.345 e. The van der Waals surface area contributed by atoms with E-state index in [2.05, 4.69) is 10.3 Å². The fourth-order valence-corrected chi connectivity index (χ4v) is 3.09. The second-order valence-electron chi connectivity index (χ2n) is 5.68. The number of benzene rings is 2. The largest absolute Gasteiger partial charge is 0.345 e. The van der Waals surface area contributed by atoms with Crippen LogP contribution < -0.4 is 5.32 Å². The minimum atomic E-state index is -0.509. The van der Waals surface area contributed by atoms with Crippen molar-refractivity contribution in [1.82, 2.24) is 14.9 Å². The van der Waals surface area contributed by atoms with Gasteiger partial charge in [-0.2, -0.15) is 0 Å². The maximum Gasteiger partial charge on any atom is 0.270 e. The number of carbonyl (C=O) groups excluding carboxylic acids is 1. The normalized spacial score (nSPS) is 11.8. The van der Waals surface area contributed by atoms with E-state index < -0.39 is 4.92 Å². The van der Waals surface area contributed by atoms with Gasteiger partial charge in [0.2, 0.25) is 0 Å². The number of nitrogens with zero attached hydrogens (tertiary/aromatic N) is 3. The van der Waals surface area contributed by atoms with E-state index in [4.69, 9.17) is 0 Å². The third-order valence-corrected chi connectivity index (χ3v) is 4.89. The number of nitro benzene ring substituents is 1. The monoisotopic (exact) mass is 462 g/mol. The van der Waals surface area contributed by atoms with Crippen LogP contribution >= 0.6 is 22.6 Å². The van der Waals surface area contributed by atoms with E-state index in [1.807, 2.05) is 64.5 Å². The molecule has 1 atom stereocenters. The van der Waals surface area contributed by atoms with Gasteiger partial charge in [0.15, 0.2) is 0 Å². The molecule has 7 nitrogen and oxygen atoms in total. The number of hydrogen-bond acceptors (Lipinski definition) is 4. The number of rotatable bonds is 5. The van der Waals surface area contributed by atoms with Gasteiger partial charge in [-0.3, -0.25) is 14.9 Å². The Hall–Kier alpha value is -2.75. The first-order valence-electron chi connectivity index (χ1n) is 7.79. The lowest BCUT2D eigenvalue weighted by atomic mass is 10.1. The predicted octanol–water partition coefficient (Wildman–Crippen LogP) is 3.88. The first kappa shape index (κ1) is 18.1. The van der Waals surface area contributed by atoms with Crippen LogP contribution in [-0.4, -0.2) is 20.4 Å². The zero-order valence-electron chi connectivity index (χ0n) is 13.8. The third kappa shape index (κ3) is 3.90. The van der Waals surface area contributed by atoms with Crippen LogP contribution in [0.5, 0.6) is 0 Å². The lowest BCUT2D eigenvalue weighted by Gasteiger charge is -2.15. The van der Waals surface area contributed by atoms with E-state index in [0.717, 1.165) is 11.3 Å². The van der Waals surface area contributed by atoms with Crippen molar-refractivity contribution in [2.75, 3.05) is 0 Å². The standard InChI is InChI=1S/C18H15IN4O3/c1-12(13-2-4-14(5-3-13)22-9-8-20-11-22)21-18(24)16-10-15(23(25)26)6-7-17(16)19/h2-12H,1H3,(H,21,24). The van der Waals surface area contributed by atoms with Crippen molar-refractivity contribution < 1.29 is 9.72 Å². The number of aromatic nitrogens is 2. The first-order chi connectivity index (χ1) is 12.5. The molecule has 0 aliphatic heterocycles. The van der Waals surface area contributed by atoms with Crippen molar-refractivity contribution in [3.8, 4) is 5.69 Å². The van der Waals surface area contributed by atoms with E-state index in [-0.39, 0.29) is 17.6 Å². The highest BCUT2D eigenvalue weighted by Gasteiger charge is 2.17. The summed E-state index contributed by atoms with van der Waals surface area (Å²) >= 11 is 2.00. The molecule has 0 aliphatic carbocycles. The number of non-ortho nitro benzene ring substituents is 1. The Labute approximate surface area is 163 Å². The van der Waals surface area contributed by atoms with E-state index in [0.29, 0.717) is 9.13 Å². The Morgan fingerprint density at radius 3 is 2.62 bits per heavy atom. The lowest BCUT2D eigenvalue weighted by molar-refractivity contribution is -0.384. The number of nitrogens with one attached hydrogen (secondary N) is 1. The van der Waals surface area contributed by atoms with Crippen molar-refractivity contribution in [3.05, 3.63) is 86.0 Å². The number of halogens is 1. The number of carbonyl (C=O) groups is 1. The van der Waals surface area contributed by atoms with Crippen LogP contribution in [0.4, 0.5) is 5.69 Å². The molecular formula is C18H15IN4O3. The van der Waals surface area contributed by atoms with E-state index in [1.54, 1.807) is 18.6 Å². The molecule has 1 aromatic heterocycles. The third-order valence-electron chi connectivity index (χ3n) is 3.95. The zero-order valence-corrected chi connectivity index (χ0v) is 16.0. The lowest BCUT2D eigenvalue weighted by Crippen LogP contribution is -2.27. The van der Waals surface area contributed by atoms with Crippen molar-refractivity contribution in [2.24, 2.45) is 0 Å². The molecule has 0 bridgehead atoms. The molecule has 0 fully saturated rings. The van der Waals surface area contributed by atoms with Gasteiger partial charge in [0.25, 0.3) is 11.6 Å². The highest BCUT2D eigenvalue weighted by Crippen LogP contribution is 2.21.